The van der Waals surface area contributed by atoms with E-state index < -0.39 is 0 Å². The first kappa shape index (κ1) is 13.4. The van der Waals surface area contributed by atoms with Crippen molar-refractivity contribution in [3.8, 4) is 0 Å². The third-order valence-corrected chi connectivity index (χ3v) is 1.72. The van der Waals surface area contributed by atoms with E-state index in [9.17, 15) is 0 Å². The molecule has 0 aromatic carbocycles. The van der Waals surface area contributed by atoms with Crippen LogP contribution in [0.5, 0.6) is 0 Å². The fraction of sp³-hybridized carbons (Fsp3) is 0.500. The van der Waals surface area contributed by atoms with Gasteiger partial charge in [0.15, 0.2) is 0 Å². The summed E-state index contributed by atoms with van der Waals surface area (Å²) in [7, 11) is 0. The van der Waals surface area contributed by atoms with Crippen LogP contribution in [0.25, 0.3) is 0 Å². The number of rotatable bonds is 4. The van der Waals surface area contributed by atoms with Crippen molar-refractivity contribution in [3.63, 3.8) is 0 Å². The summed E-state index contributed by atoms with van der Waals surface area (Å²) in [5, 5.41) is 0. The Morgan fingerprint density at radius 1 is 1.70 bits per heavy atom. The van der Waals surface area contributed by atoms with E-state index in [4.69, 9.17) is 6.58 Å². The molecule has 0 fully saturated rings. The average molecular weight is 343 g/mol. The van der Waals surface area contributed by atoms with Gasteiger partial charge in [0.05, 0.1) is 0 Å². The minimum absolute atomic E-state index is 1.20. The van der Waals surface area contributed by atoms with Gasteiger partial charge in [-0.1, -0.05) is 0 Å². The molecular weight excluding hydrogens is 331 g/mol. The third-order valence-electron chi connectivity index (χ3n) is 0.718. The van der Waals surface area contributed by atoms with E-state index in [-0.39, 0.29) is 0 Å². The van der Waals surface area contributed by atoms with E-state index in [2.05, 4.69) is 28.3 Å². The Hall–Kier alpha value is 0.753. The predicted octanol–water partition coefficient (Wildman–Crippen LogP) is 1.73. The van der Waals surface area contributed by atoms with Crippen LogP contribution >= 0.6 is 0 Å². The van der Waals surface area contributed by atoms with Gasteiger partial charge in [0, 0.05) is 0 Å². The minimum atomic E-state index is 1.20. The summed E-state index contributed by atoms with van der Waals surface area (Å²) in [6.07, 6.45) is 5.30. The van der Waals surface area contributed by atoms with E-state index >= 15 is 0 Å². The summed E-state index contributed by atoms with van der Waals surface area (Å²) in [5.41, 5.74) is 0. The van der Waals surface area contributed by atoms with E-state index in [0.29, 0.717) is 0 Å². The van der Waals surface area contributed by atoms with Crippen LogP contribution < -0.4 is 0 Å². The predicted molar refractivity (Wildman–Crippen MR) is 39.5 cm³/mol. The van der Waals surface area contributed by atoms with Gasteiger partial charge < -0.3 is 0 Å². The zero-order valence-electron chi connectivity index (χ0n) is 6.21. The number of unbranched alkanes of at least 4 members (excludes halogenated alkanes) is 2. The number of hydrogen-bond donors (Lipinski definition) is 0. The van der Waals surface area contributed by atoms with E-state index in [1.54, 1.807) is 4.73 Å². The number of hydrogen-bond acceptors (Lipinski definition) is 0. The van der Waals surface area contributed by atoms with Gasteiger partial charge in [-0.15, -0.1) is 0 Å². The molecule has 0 atom stereocenters. The Kier molecular flexibility index (Phi) is 21.9. The standard InChI is InChI=1S/C5H9.C3H3.V.W/c1-3-5-4-2;1-3-2;;/h3-5H2,1H3;1-3H;;/q2*-1;;. The molecule has 57 valence electrons. The van der Waals surface area contributed by atoms with Crippen LogP contribution in [0.15, 0.2) is 6.08 Å². The van der Waals surface area contributed by atoms with Crippen molar-refractivity contribution in [2.24, 2.45) is 0 Å². The molecule has 0 aliphatic carbocycles. The van der Waals surface area contributed by atoms with E-state index in [1.165, 1.54) is 44.7 Å². The zero-order valence-corrected chi connectivity index (χ0v) is 10.5. The Bertz CT molecular complexity index is 83.3. The van der Waals surface area contributed by atoms with Crippen LogP contribution in [0.2, 0.25) is 0 Å². The van der Waals surface area contributed by atoms with Crippen molar-refractivity contribution in [1.82, 2.24) is 0 Å². The first-order valence-electron chi connectivity index (χ1n) is 3.19. The molecule has 0 radical (unpaired) electrons. The molecule has 0 N–H and O–H groups in total. The fourth-order valence-corrected chi connectivity index (χ4v) is 0.768. The molecule has 0 saturated heterocycles. The van der Waals surface area contributed by atoms with Gasteiger partial charge in [-0.3, -0.25) is 0 Å². The summed E-state index contributed by atoms with van der Waals surface area (Å²) in [4.78, 5) is 0. The van der Waals surface area contributed by atoms with Crippen molar-refractivity contribution < 1.29 is 36.3 Å². The molecule has 0 saturated carbocycles. The van der Waals surface area contributed by atoms with Gasteiger partial charge in [0.2, 0.25) is 0 Å². The Morgan fingerprint density at radius 2 is 2.20 bits per heavy atom. The molecule has 0 aliphatic heterocycles. The monoisotopic (exact) mass is 343 g/mol. The molecule has 0 amide bonds. The molecule has 0 rings (SSSR count). The molecule has 0 aromatic heterocycles. The van der Waals surface area contributed by atoms with Gasteiger partial charge >= 0.3 is 84.3 Å². The van der Waals surface area contributed by atoms with E-state index in [1.807, 2.05) is 0 Å². The summed E-state index contributed by atoms with van der Waals surface area (Å²) in [6, 6.07) is 0. The summed E-state index contributed by atoms with van der Waals surface area (Å²) in [6.45, 7) is 7.03. The molecule has 0 nitrogen and oxygen atoms in total. The summed E-state index contributed by atoms with van der Waals surface area (Å²) in [5.74, 6) is 0. The second-order valence-electron chi connectivity index (χ2n) is 1.59. The van der Waals surface area contributed by atoms with Crippen LogP contribution in [-0.2, 0) is 36.3 Å². The topological polar surface area (TPSA) is 0 Å². The molecule has 0 bridgehead atoms. The van der Waals surface area contributed by atoms with Gasteiger partial charge in [-0.2, -0.15) is 0 Å². The molecule has 2 heteroatoms. The maximum absolute atomic E-state index is 4.83. The third kappa shape index (κ3) is 23.3. The fourth-order valence-electron chi connectivity index (χ4n) is 0.249. The van der Waals surface area contributed by atoms with E-state index in [0.717, 1.165) is 0 Å². The normalized spacial score (nSPS) is 6.80. The Labute approximate surface area is 84.0 Å². The Balaban J connectivity index is 0. The quantitative estimate of drug-likeness (QED) is 0.539. The van der Waals surface area contributed by atoms with Gasteiger partial charge in [-0.25, -0.2) is 0 Å². The van der Waals surface area contributed by atoms with Gasteiger partial charge in [0.1, 0.15) is 0 Å². The second-order valence-corrected chi connectivity index (χ2v) is 3.09. The van der Waals surface area contributed by atoms with Crippen molar-refractivity contribution in [1.29, 1.82) is 0 Å². The van der Waals surface area contributed by atoms with Crippen LogP contribution in [0.4, 0.5) is 0 Å². The van der Waals surface area contributed by atoms with Crippen LogP contribution in [-0.4, -0.2) is 9.13 Å². The first-order chi connectivity index (χ1) is 4.83. The molecule has 0 heterocycles. The first-order valence-corrected chi connectivity index (χ1v) is 5.46. The Morgan fingerprint density at radius 3 is 2.30 bits per heavy atom. The van der Waals surface area contributed by atoms with Crippen LogP contribution in [0.1, 0.15) is 26.2 Å². The molecule has 10 heavy (non-hydrogen) atoms. The van der Waals surface area contributed by atoms with Crippen molar-refractivity contribution >= 4 is 9.13 Å². The SMILES string of the molecule is CCCC[C-]=[W].[CH-]=C[CH]=[V]. The van der Waals surface area contributed by atoms with Crippen LogP contribution in [0, 0.1) is 6.58 Å². The van der Waals surface area contributed by atoms with Gasteiger partial charge in [0.25, 0.3) is 0 Å². The molecular formula is C8H12VW-2. The van der Waals surface area contributed by atoms with Crippen molar-refractivity contribution in [2.45, 2.75) is 26.2 Å². The zero-order chi connectivity index (χ0) is 8.24. The van der Waals surface area contributed by atoms with Gasteiger partial charge in [-0.05, 0) is 0 Å². The summed E-state index contributed by atoms with van der Waals surface area (Å²) < 4.78 is 4.87. The molecule has 0 unspecified atom stereocenters. The van der Waals surface area contributed by atoms with Crippen molar-refractivity contribution in [2.75, 3.05) is 0 Å². The maximum atomic E-state index is 4.83. The number of allylic oxidation sites excluding steroid dienone is 1. The summed E-state index contributed by atoms with van der Waals surface area (Å²) >= 11 is 3.72. The second kappa shape index (κ2) is 16.4. The molecule has 0 spiro atoms. The van der Waals surface area contributed by atoms with Crippen LogP contribution in [0.3, 0.4) is 0 Å². The average Bonchev–Trinajstić information content (AvgIpc) is 2.01. The molecule has 0 aromatic rings. The van der Waals surface area contributed by atoms with Crippen molar-refractivity contribution in [3.05, 3.63) is 12.7 Å². The molecule has 0 aliphatic rings.